The van der Waals surface area contributed by atoms with E-state index in [0.29, 0.717) is 23.3 Å². The number of aromatic nitrogens is 3. The Morgan fingerprint density at radius 2 is 1.96 bits per heavy atom. The Labute approximate surface area is 148 Å². The smallest absolute Gasteiger partial charge is 0.259 e. The van der Waals surface area contributed by atoms with Gasteiger partial charge in [-0.05, 0) is 25.9 Å². The van der Waals surface area contributed by atoms with Gasteiger partial charge >= 0.3 is 0 Å². The minimum atomic E-state index is 0.0768. The molecule has 0 radical (unpaired) electrons. The van der Waals surface area contributed by atoms with Crippen LogP contribution in [0.2, 0.25) is 0 Å². The first kappa shape index (κ1) is 16.5. The second-order valence-corrected chi connectivity index (χ2v) is 7.01. The van der Waals surface area contributed by atoms with Crippen LogP contribution in [0.5, 0.6) is 0 Å². The van der Waals surface area contributed by atoms with Gasteiger partial charge in [-0.2, -0.15) is 5.10 Å². The fourth-order valence-electron chi connectivity index (χ4n) is 4.10. The largest absolute Gasteiger partial charge is 0.330 e. The topological polar surface area (TPSA) is 65.8 Å². The van der Waals surface area contributed by atoms with E-state index in [2.05, 4.69) is 39.0 Å². The molecule has 134 valence electrons. The zero-order chi connectivity index (χ0) is 17.4. The van der Waals surface area contributed by atoms with Gasteiger partial charge in [0.05, 0.1) is 6.20 Å². The highest BCUT2D eigenvalue weighted by Gasteiger charge is 2.40. The molecule has 2 unspecified atom stereocenters. The van der Waals surface area contributed by atoms with Crippen molar-refractivity contribution in [1.29, 1.82) is 0 Å². The summed E-state index contributed by atoms with van der Waals surface area (Å²) in [7, 11) is 0. The Hall–Kier alpha value is -1.99. The monoisotopic (exact) mass is 342 g/mol. The van der Waals surface area contributed by atoms with Gasteiger partial charge in [-0.25, -0.2) is 9.50 Å². The number of carbonyl (C=O) groups is 1. The average Bonchev–Trinajstić information content (AvgIpc) is 3.16. The van der Waals surface area contributed by atoms with Gasteiger partial charge in [0, 0.05) is 49.7 Å². The van der Waals surface area contributed by atoms with E-state index in [1.807, 2.05) is 12.4 Å². The SMILES string of the molecule is CCN(CC)Cc1cnc2c(C(=O)N3C4CCC3CNC4)cnn2c1. The van der Waals surface area contributed by atoms with Crippen molar-refractivity contribution >= 4 is 11.6 Å². The van der Waals surface area contributed by atoms with Crippen molar-refractivity contribution in [2.45, 2.75) is 45.3 Å². The van der Waals surface area contributed by atoms with Crippen LogP contribution in [-0.4, -0.2) is 68.6 Å². The molecular formula is C18H26N6O. The number of piperazine rings is 1. The lowest BCUT2D eigenvalue weighted by atomic mass is 10.1. The van der Waals surface area contributed by atoms with Crippen molar-refractivity contribution in [1.82, 2.24) is 29.7 Å². The molecule has 2 atom stereocenters. The normalized spacial score (nSPS) is 22.9. The quantitative estimate of drug-likeness (QED) is 0.883. The zero-order valence-corrected chi connectivity index (χ0v) is 15.0. The van der Waals surface area contributed by atoms with Gasteiger partial charge in [-0.1, -0.05) is 13.8 Å². The summed E-state index contributed by atoms with van der Waals surface area (Å²) in [6, 6.07) is 0.617. The van der Waals surface area contributed by atoms with E-state index in [-0.39, 0.29) is 5.91 Å². The maximum absolute atomic E-state index is 13.1. The number of carbonyl (C=O) groups excluding carboxylic acids is 1. The van der Waals surface area contributed by atoms with Gasteiger partial charge in [-0.15, -0.1) is 0 Å². The summed E-state index contributed by atoms with van der Waals surface area (Å²) >= 11 is 0. The fourth-order valence-corrected chi connectivity index (χ4v) is 4.10. The van der Waals surface area contributed by atoms with Gasteiger partial charge in [0.25, 0.3) is 5.91 Å². The Balaban J connectivity index is 1.60. The summed E-state index contributed by atoms with van der Waals surface area (Å²) in [5.74, 6) is 0.0768. The van der Waals surface area contributed by atoms with Gasteiger partial charge < -0.3 is 10.2 Å². The number of hydrogen-bond donors (Lipinski definition) is 1. The first-order valence-corrected chi connectivity index (χ1v) is 9.29. The summed E-state index contributed by atoms with van der Waals surface area (Å²) in [4.78, 5) is 22.0. The Bertz CT molecular complexity index is 752. The van der Waals surface area contributed by atoms with E-state index >= 15 is 0 Å². The predicted octanol–water partition coefficient (Wildman–Crippen LogP) is 1.15. The van der Waals surface area contributed by atoms with Gasteiger partial charge in [0.2, 0.25) is 0 Å². The molecule has 2 aliphatic heterocycles. The molecule has 0 aliphatic carbocycles. The van der Waals surface area contributed by atoms with Crippen molar-refractivity contribution in [3.8, 4) is 0 Å². The van der Waals surface area contributed by atoms with Crippen LogP contribution in [0.15, 0.2) is 18.6 Å². The minimum Gasteiger partial charge on any atom is -0.330 e. The lowest BCUT2D eigenvalue weighted by molar-refractivity contribution is 0.0621. The third kappa shape index (κ3) is 2.91. The standard InChI is InChI=1S/C18H26N6O/c1-3-22(4-2)11-13-7-20-17-16(10-21-23(17)12-13)18(25)24-14-5-6-15(24)9-19-8-14/h7,10,12,14-15,19H,3-6,8-9,11H2,1-2H3. The molecule has 2 bridgehead atoms. The van der Waals surface area contributed by atoms with E-state index in [4.69, 9.17) is 0 Å². The van der Waals surface area contributed by atoms with Crippen LogP contribution in [0.3, 0.4) is 0 Å². The molecule has 2 aromatic heterocycles. The van der Waals surface area contributed by atoms with Crippen LogP contribution >= 0.6 is 0 Å². The number of nitrogens with zero attached hydrogens (tertiary/aromatic N) is 5. The predicted molar refractivity (Wildman–Crippen MR) is 95.5 cm³/mol. The van der Waals surface area contributed by atoms with Crippen molar-refractivity contribution < 1.29 is 4.79 Å². The molecule has 4 heterocycles. The number of nitrogens with one attached hydrogen (secondary N) is 1. The lowest BCUT2D eigenvalue weighted by Gasteiger charge is -2.35. The lowest BCUT2D eigenvalue weighted by Crippen LogP contribution is -2.54. The van der Waals surface area contributed by atoms with Crippen molar-refractivity contribution in [2.24, 2.45) is 0 Å². The van der Waals surface area contributed by atoms with E-state index in [9.17, 15) is 4.79 Å². The molecule has 0 spiro atoms. The average molecular weight is 342 g/mol. The fraction of sp³-hybridized carbons (Fsp3) is 0.611. The second kappa shape index (κ2) is 6.72. The summed E-state index contributed by atoms with van der Waals surface area (Å²) in [5, 5.41) is 7.81. The van der Waals surface area contributed by atoms with E-state index in [1.165, 1.54) is 0 Å². The molecule has 25 heavy (non-hydrogen) atoms. The van der Waals surface area contributed by atoms with Gasteiger partial charge in [0.1, 0.15) is 5.56 Å². The molecule has 4 rings (SSSR count). The molecular weight excluding hydrogens is 316 g/mol. The molecule has 2 fully saturated rings. The molecule has 2 saturated heterocycles. The van der Waals surface area contributed by atoms with Crippen molar-refractivity contribution in [3.63, 3.8) is 0 Å². The molecule has 1 N–H and O–H groups in total. The Morgan fingerprint density at radius 3 is 2.64 bits per heavy atom. The zero-order valence-electron chi connectivity index (χ0n) is 15.0. The molecule has 2 aromatic rings. The first-order chi connectivity index (χ1) is 12.2. The van der Waals surface area contributed by atoms with Crippen molar-refractivity contribution in [2.75, 3.05) is 26.2 Å². The molecule has 7 heteroatoms. The second-order valence-electron chi connectivity index (χ2n) is 7.01. The number of rotatable bonds is 5. The molecule has 0 aromatic carbocycles. The maximum Gasteiger partial charge on any atom is 0.259 e. The molecule has 1 amide bonds. The highest BCUT2D eigenvalue weighted by Crippen LogP contribution is 2.29. The Morgan fingerprint density at radius 1 is 1.24 bits per heavy atom. The van der Waals surface area contributed by atoms with Crippen LogP contribution in [0.25, 0.3) is 5.65 Å². The number of hydrogen-bond acceptors (Lipinski definition) is 5. The summed E-state index contributed by atoms with van der Waals surface area (Å²) < 4.78 is 1.75. The van der Waals surface area contributed by atoms with Gasteiger partial charge in [0.15, 0.2) is 5.65 Å². The van der Waals surface area contributed by atoms with Crippen molar-refractivity contribution in [3.05, 3.63) is 29.7 Å². The summed E-state index contributed by atoms with van der Waals surface area (Å²) in [6.07, 6.45) is 7.71. The maximum atomic E-state index is 13.1. The molecule has 2 aliphatic rings. The van der Waals surface area contributed by atoms with Crippen LogP contribution in [-0.2, 0) is 6.54 Å². The summed E-state index contributed by atoms with van der Waals surface area (Å²) in [5.41, 5.74) is 2.39. The minimum absolute atomic E-state index is 0.0768. The van der Waals surface area contributed by atoms with E-state index in [1.54, 1.807) is 10.7 Å². The molecule has 0 saturated carbocycles. The first-order valence-electron chi connectivity index (χ1n) is 9.29. The van der Waals surface area contributed by atoms with Crippen LogP contribution < -0.4 is 5.32 Å². The van der Waals surface area contributed by atoms with E-state index < -0.39 is 0 Å². The van der Waals surface area contributed by atoms with Crippen LogP contribution in [0.1, 0.15) is 42.6 Å². The van der Waals surface area contributed by atoms with E-state index in [0.717, 1.165) is 51.1 Å². The van der Waals surface area contributed by atoms with Crippen LogP contribution in [0, 0.1) is 0 Å². The highest BCUT2D eigenvalue weighted by atomic mass is 16.2. The summed E-state index contributed by atoms with van der Waals surface area (Å²) in [6.45, 7) is 8.95. The third-order valence-electron chi connectivity index (χ3n) is 5.56. The number of amides is 1. The third-order valence-corrected chi connectivity index (χ3v) is 5.56. The highest BCUT2D eigenvalue weighted by molar-refractivity contribution is 6.00. The van der Waals surface area contributed by atoms with Gasteiger partial charge in [-0.3, -0.25) is 9.69 Å². The molecule has 7 nitrogen and oxygen atoms in total. The Kier molecular flexibility index (Phi) is 4.43. The van der Waals surface area contributed by atoms with Crippen LogP contribution in [0.4, 0.5) is 0 Å². The number of fused-ring (bicyclic) bond motifs is 3.